The fraction of sp³-hybridized carbons (Fsp3) is 0.526. The van der Waals surface area contributed by atoms with Crippen LogP contribution in [0.1, 0.15) is 39.5 Å². The van der Waals surface area contributed by atoms with E-state index in [1.54, 1.807) is 0 Å². The molecule has 1 aromatic carbocycles. The highest BCUT2D eigenvalue weighted by atomic mass is 16.4. The molecule has 1 amide bonds. The van der Waals surface area contributed by atoms with Gasteiger partial charge in [0.2, 0.25) is 11.8 Å². The number of carbonyl (C=O) groups excluding carboxylic acids is 1. The van der Waals surface area contributed by atoms with Crippen molar-refractivity contribution in [3.63, 3.8) is 0 Å². The van der Waals surface area contributed by atoms with Crippen molar-refractivity contribution in [2.45, 2.75) is 51.6 Å². The number of benzene rings is 1. The number of amides is 1. The molecule has 1 saturated carbocycles. The van der Waals surface area contributed by atoms with E-state index in [0.29, 0.717) is 17.3 Å². The highest BCUT2D eigenvalue weighted by Crippen LogP contribution is 2.55. The Morgan fingerprint density at radius 1 is 1.28 bits per heavy atom. The normalized spacial score (nSPS) is 22.6. The van der Waals surface area contributed by atoms with E-state index in [9.17, 15) is 4.79 Å². The maximum absolute atomic E-state index is 12.8. The molecule has 1 saturated heterocycles. The van der Waals surface area contributed by atoms with Gasteiger partial charge < -0.3 is 14.6 Å². The number of carbonyl (C=O) groups is 1. The van der Waals surface area contributed by atoms with Crippen LogP contribution in [0.15, 0.2) is 34.7 Å². The minimum atomic E-state index is -0.389. The van der Waals surface area contributed by atoms with Crippen molar-refractivity contribution >= 4 is 11.9 Å². The van der Waals surface area contributed by atoms with Crippen LogP contribution in [0.25, 0.3) is 11.5 Å². The molecule has 4 rings (SSSR count). The number of piperidine rings is 1. The van der Waals surface area contributed by atoms with Crippen LogP contribution in [-0.2, 0) is 4.79 Å². The summed E-state index contributed by atoms with van der Waals surface area (Å²) in [4.78, 5) is 14.8. The summed E-state index contributed by atoms with van der Waals surface area (Å²) in [6, 6.07) is 9.79. The van der Waals surface area contributed by atoms with Crippen LogP contribution in [0.5, 0.6) is 0 Å². The van der Waals surface area contributed by atoms with Gasteiger partial charge in [0.1, 0.15) is 6.04 Å². The zero-order valence-electron chi connectivity index (χ0n) is 14.7. The Kier molecular flexibility index (Phi) is 3.98. The SMILES string of the molecule is CC1CC2(CCN1C(=O)[C@@H](C)Nc1nnc(-c3ccccc3)o1)CC2. The van der Waals surface area contributed by atoms with E-state index in [1.807, 2.05) is 42.2 Å². The molecule has 25 heavy (non-hydrogen) atoms. The molecule has 0 radical (unpaired) electrons. The number of nitrogens with one attached hydrogen (secondary N) is 1. The Bertz CT molecular complexity index is 754. The molecule has 1 spiro atoms. The zero-order valence-corrected chi connectivity index (χ0v) is 14.7. The summed E-state index contributed by atoms with van der Waals surface area (Å²) in [5.41, 5.74) is 1.41. The molecule has 1 aliphatic heterocycles. The summed E-state index contributed by atoms with van der Waals surface area (Å²) < 4.78 is 5.64. The molecule has 6 nitrogen and oxygen atoms in total. The van der Waals surface area contributed by atoms with E-state index in [0.717, 1.165) is 24.9 Å². The number of rotatable bonds is 4. The standard InChI is InChI=1S/C19H24N4O2/c1-13-12-19(8-9-19)10-11-23(13)17(24)14(2)20-18-22-21-16(25-18)15-6-4-3-5-7-15/h3-7,13-14H,8-12H2,1-2H3,(H,20,22)/t13?,14-/m1/s1. The lowest BCUT2D eigenvalue weighted by atomic mass is 9.88. The monoisotopic (exact) mass is 340 g/mol. The third-order valence-corrected chi connectivity index (χ3v) is 5.54. The maximum Gasteiger partial charge on any atom is 0.316 e. The number of anilines is 1. The Balaban J connectivity index is 1.39. The smallest absolute Gasteiger partial charge is 0.316 e. The molecule has 6 heteroatoms. The number of likely N-dealkylation sites (tertiary alicyclic amines) is 1. The van der Waals surface area contributed by atoms with Crippen molar-refractivity contribution in [2.75, 3.05) is 11.9 Å². The predicted octanol–water partition coefficient (Wildman–Crippen LogP) is 3.33. The lowest BCUT2D eigenvalue weighted by molar-refractivity contribution is -0.135. The third kappa shape index (κ3) is 3.25. The number of hydrogen-bond donors (Lipinski definition) is 1. The summed E-state index contributed by atoms with van der Waals surface area (Å²) in [6.45, 7) is 4.86. The van der Waals surface area contributed by atoms with E-state index in [1.165, 1.54) is 12.8 Å². The van der Waals surface area contributed by atoms with Crippen molar-refractivity contribution in [1.29, 1.82) is 0 Å². The van der Waals surface area contributed by atoms with Gasteiger partial charge in [-0.05, 0) is 57.1 Å². The topological polar surface area (TPSA) is 71.3 Å². The minimum Gasteiger partial charge on any atom is -0.403 e. The highest BCUT2D eigenvalue weighted by molar-refractivity contribution is 5.84. The second-order valence-electron chi connectivity index (χ2n) is 7.48. The molecule has 1 N–H and O–H groups in total. The van der Waals surface area contributed by atoms with E-state index < -0.39 is 0 Å². The van der Waals surface area contributed by atoms with Gasteiger partial charge >= 0.3 is 6.01 Å². The quantitative estimate of drug-likeness (QED) is 0.924. The van der Waals surface area contributed by atoms with Crippen molar-refractivity contribution in [1.82, 2.24) is 15.1 Å². The maximum atomic E-state index is 12.8. The lowest BCUT2D eigenvalue weighted by Gasteiger charge is -2.39. The Hall–Kier alpha value is -2.37. The van der Waals surface area contributed by atoms with Crippen LogP contribution in [0, 0.1) is 5.41 Å². The van der Waals surface area contributed by atoms with Crippen LogP contribution < -0.4 is 5.32 Å². The van der Waals surface area contributed by atoms with Gasteiger partial charge in [0.25, 0.3) is 0 Å². The Morgan fingerprint density at radius 3 is 2.72 bits per heavy atom. The average molecular weight is 340 g/mol. The number of aromatic nitrogens is 2. The fourth-order valence-electron chi connectivity index (χ4n) is 3.85. The Labute approximate surface area is 147 Å². The molecule has 2 aromatic rings. The van der Waals surface area contributed by atoms with Crippen molar-refractivity contribution < 1.29 is 9.21 Å². The first-order valence-electron chi connectivity index (χ1n) is 9.02. The first-order chi connectivity index (χ1) is 12.1. The molecule has 2 aliphatic rings. The van der Waals surface area contributed by atoms with Crippen molar-refractivity contribution in [3.05, 3.63) is 30.3 Å². The molecule has 132 valence electrons. The summed E-state index contributed by atoms with van der Waals surface area (Å²) in [5.74, 6) is 0.548. The zero-order chi connectivity index (χ0) is 17.4. The van der Waals surface area contributed by atoms with E-state index in [2.05, 4.69) is 22.4 Å². The minimum absolute atomic E-state index is 0.0995. The molecular formula is C19H24N4O2. The van der Waals surface area contributed by atoms with Crippen LogP contribution in [-0.4, -0.2) is 39.6 Å². The van der Waals surface area contributed by atoms with Gasteiger partial charge in [-0.3, -0.25) is 4.79 Å². The molecule has 1 aromatic heterocycles. The number of hydrogen-bond acceptors (Lipinski definition) is 5. The summed E-state index contributed by atoms with van der Waals surface area (Å²) in [7, 11) is 0. The molecule has 1 aliphatic carbocycles. The molecule has 2 fully saturated rings. The third-order valence-electron chi connectivity index (χ3n) is 5.54. The average Bonchev–Trinajstić information content (AvgIpc) is 3.19. The second kappa shape index (κ2) is 6.17. The first kappa shape index (κ1) is 16.1. The lowest BCUT2D eigenvalue weighted by Crippen LogP contribution is -2.50. The largest absolute Gasteiger partial charge is 0.403 e. The van der Waals surface area contributed by atoms with E-state index in [-0.39, 0.29) is 18.0 Å². The molecule has 1 unspecified atom stereocenters. The van der Waals surface area contributed by atoms with Crippen LogP contribution in [0.4, 0.5) is 6.01 Å². The first-order valence-corrected chi connectivity index (χ1v) is 9.02. The van der Waals surface area contributed by atoms with Crippen molar-refractivity contribution in [2.24, 2.45) is 5.41 Å². The molecule has 0 bridgehead atoms. The summed E-state index contributed by atoms with van der Waals surface area (Å²) >= 11 is 0. The van der Waals surface area contributed by atoms with Gasteiger partial charge in [0, 0.05) is 18.2 Å². The Morgan fingerprint density at radius 2 is 2.04 bits per heavy atom. The highest BCUT2D eigenvalue weighted by Gasteiger charge is 2.48. The molecular weight excluding hydrogens is 316 g/mol. The molecule has 2 heterocycles. The van der Waals surface area contributed by atoms with Gasteiger partial charge in [-0.15, -0.1) is 5.10 Å². The van der Waals surface area contributed by atoms with Crippen LogP contribution in [0.3, 0.4) is 0 Å². The summed E-state index contributed by atoms with van der Waals surface area (Å²) in [6.07, 6.45) is 4.92. The van der Waals surface area contributed by atoms with Gasteiger partial charge in [0.05, 0.1) is 0 Å². The number of nitrogens with zero attached hydrogens (tertiary/aromatic N) is 3. The van der Waals surface area contributed by atoms with Gasteiger partial charge in [-0.25, -0.2) is 0 Å². The van der Waals surface area contributed by atoms with Crippen LogP contribution in [0.2, 0.25) is 0 Å². The van der Waals surface area contributed by atoms with E-state index >= 15 is 0 Å². The fourth-order valence-corrected chi connectivity index (χ4v) is 3.85. The van der Waals surface area contributed by atoms with Crippen LogP contribution >= 0.6 is 0 Å². The van der Waals surface area contributed by atoms with Crippen molar-refractivity contribution in [3.8, 4) is 11.5 Å². The van der Waals surface area contributed by atoms with Gasteiger partial charge in [-0.1, -0.05) is 23.3 Å². The predicted molar refractivity (Wildman–Crippen MR) is 94.9 cm³/mol. The second-order valence-corrected chi connectivity index (χ2v) is 7.48. The van der Waals surface area contributed by atoms with E-state index in [4.69, 9.17) is 4.42 Å². The van der Waals surface area contributed by atoms with Gasteiger partial charge in [-0.2, -0.15) is 0 Å². The van der Waals surface area contributed by atoms with Gasteiger partial charge in [0.15, 0.2) is 0 Å². The summed E-state index contributed by atoms with van der Waals surface area (Å²) in [5, 5.41) is 11.1. The molecule has 2 atom stereocenters.